The van der Waals surface area contributed by atoms with Crippen LogP contribution in [0.1, 0.15) is 5.56 Å². The second kappa shape index (κ2) is 5.01. The molecule has 1 heteroatoms. The van der Waals surface area contributed by atoms with Crippen molar-refractivity contribution in [2.45, 2.75) is 0 Å². The van der Waals surface area contributed by atoms with Crippen LogP contribution in [0.3, 0.4) is 0 Å². The normalized spacial score (nSPS) is 10.4. The molecule has 0 bridgehead atoms. The molecule has 0 saturated carbocycles. The summed E-state index contributed by atoms with van der Waals surface area (Å²) in [7, 11) is 0. The van der Waals surface area contributed by atoms with Crippen LogP contribution < -0.4 is 5.32 Å². The molecule has 0 radical (unpaired) electrons. The van der Waals surface area contributed by atoms with Gasteiger partial charge in [-0.3, -0.25) is 0 Å². The maximum atomic E-state index is 3.21. The fourth-order valence-electron chi connectivity index (χ4n) is 1.33. The topological polar surface area (TPSA) is 12.0 Å². The van der Waals surface area contributed by atoms with Gasteiger partial charge in [0.2, 0.25) is 0 Å². The molecule has 0 heterocycles. The highest BCUT2D eigenvalue weighted by atomic mass is 14.8. The molecule has 0 aliphatic carbocycles. The van der Waals surface area contributed by atoms with Crippen LogP contribution in [0.5, 0.6) is 0 Å². The molecule has 2 rings (SSSR count). The minimum Gasteiger partial charge on any atom is -0.362 e. The van der Waals surface area contributed by atoms with E-state index >= 15 is 0 Å². The third kappa shape index (κ3) is 2.99. The standard InChI is InChI=1S/C14H13N/c1-3-7-13(8-4-1)11-12-15-14-9-5-2-6-10-14/h1-12,15H. The minimum atomic E-state index is 1.10. The lowest BCUT2D eigenvalue weighted by atomic mass is 10.2. The van der Waals surface area contributed by atoms with Crippen LogP contribution in [0, 0.1) is 0 Å². The van der Waals surface area contributed by atoms with Crippen LogP contribution in [-0.4, -0.2) is 0 Å². The van der Waals surface area contributed by atoms with Crippen LogP contribution >= 0.6 is 0 Å². The first kappa shape index (κ1) is 9.53. The Bertz CT molecular complexity index is 418. The largest absolute Gasteiger partial charge is 0.362 e. The SMILES string of the molecule is C(=Cc1ccccc1)Nc1ccccc1. The number of para-hydroxylation sites is 1. The van der Waals surface area contributed by atoms with Crippen LogP contribution in [0.25, 0.3) is 6.08 Å². The Morgan fingerprint density at radius 3 is 2.00 bits per heavy atom. The summed E-state index contributed by atoms with van der Waals surface area (Å²) in [4.78, 5) is 0. The molecule has 0 saturated heterocycles. The van der Waals surface area contributed by atoms with Gasteiger partial charge in [0, 0.05) is 11.9 Å². The lowest BCUT2D eigenvalue weighted by Crippen LogP contribution is -1.85. The van der Waals surface area contributed by atoms with Crippen molar-refractivity contribution in [3.05, 3.63) is 72.4 Å². The minimum absolute atomic E-state index is 1.10. The zero-order valence-corrected chi connectivity index (χ0v) is 8.43. The fourth-order valence-corrected chi connectivity index (χ4v) is 1.33. The molecule has 0 amide bonds. The Hall–Kier alpha value is -2.02. The summed E-state index contributed by atoms with van der Waals surface area (Å²) in [5.74, 6) is 0. The lowest BCUT2D eigenvalue weighted by Gasteiger charge is -1.98. The van der Waals surface area contributed by atoms with Crippen molar-refractivity contribution in [2.24, 2.45) is 0 Å². The van der Waals surface area contributed by atoms with E-state index in [0.717, 1.165) is 5.69 Å². The number of hydrogen-bond acceptors (Lipinski definition) is 1. The Balaban J connectivity index is 1.97. The molecule has 0 aliphatic heterocycles. The molecular weight excluding hydrogens is 182 g/mol. The van der Waals surface area contributed by atoms with E-state index < -0.39 is 0 Å². The van der Waals surface area contributed by atoms with Crippen LogP contribution in [-0.2, 0) is 0 Å². The quantitative estimate of drug-likeness (QED) is 0.786. The van der Waals surface area contributed by atoms with Crippen LogP contribution in [0.4, 0.5) is 5.69 Å². The maximum Gasteiger partial charge on any atom is 0.0379 e. The number of benzene rings is 2. The van der Waals surface area contributed by atoms with E-state index in [-0.39, 0.29) is 0 Å². The molecular formula is C14H13N. The summed E-state index contributed by atoms with van der Waals surface area (Å²) in [5.41, 5.74) is 2.30. The van der Waals surface area contributed by atoms with Crippen molar-refractivity contribution >= 4 is 11.8 Å². The van der Waals surface area contributed by atoms with E-state index in [4.69, 9.17) is 0 Å². The first-order valence-corrected chi connectivity index (χ1v) is 4.98. The van der Waals surface area contributed by atoms with E-state index in [0.29, 0.717) is 0 Å². The van der Waals surface area contributed by atoms with Gasteiger partial charge < -0.3 is 5.32 Å². The summed E-state index contributed by atoms with van der Waals surface area (Å²) >= 11 is 0. The zero-order valence-electron chi connectivity index (χ0n) is 8.43. The van der Waals surface area contributed by atoms with Crippen molar-refractivity contribution in [3.8, 4) is 0 Å². The molecule has 0 spiro atoms. The van der Waals surface area contributed by atoms with E-state index in [2.05, 4.69) is 17.4 Å². The number of rotatable bonds is 3. The molecule has 0 aliphatic rings. The van der Waals surface area contributed by atoms with Gasteiger partial charge in [0.15, 0.2) is 0 Å². The van der Waals surface area contributed by atoms with Gasteiger partial charge in [-0.25, -0.2) is 0 Å². The Kier molecular flexibility index (Phi) is 3.18. The van der Waals surface area contributed by atoms with Gasteiger partial charge in [-0.2, -0.15) is 0 Å². The highest BCUT2D eigenvalue weighted by molar-refractivity contribution is 5.54. The molecule has 2 aromatic carbocycles. The summed E-state index contributed by atoms with van der Waals surface area (Å²) in [5, 5.41) is 3.21. The molecule has 1 N–H and O–H groups in total. The predicted molar refractivity (Wildman–Crippen MR) is 65.5 cm³/mol. The second-order valence-electron chi connectivity index (χ2n) is 3.25. The smallest absolute Gasteiger partial charge is 0.0379 e. The molecule has 74 valence electrons. The van der Waals surface area contributed by atoms with Crippen molar-refractivity contribution in [1.82, 2.24) is 0 Å². The van der Waals surface area contributed by atoms with Gasteiger partial charge in [0.25, 0.3) is 0 Å². The van der Waals surface area contributed by atoms with E-state index in [1.54, 1.807) is 0 Å². The first-order chi connectivity index (χ1) is 7.45. The maximum absolute atomic E-state index is 3.21. The summed E-state index contributed by atoms with van der Waals surface area (Å²) in [6.07, 6.45) is 4.00. The molecule has 0 atom stereocenters. The third-order valence-electron chi connectivity index (χ3n) is 2.10. The molecule has 15 heavy (non-hydrogen) atoms. The summed E-state index contributed by atoms with van der Waals surface area (Å²) in [6.45, 7) is 0. The summed E-state index contributed by atoms with van der Waals surface area (Å²) in [6, 6.07) is 20.3. The monoisotopic (exact) mass is 195 g/mol. The van der Waals surface area contributed by atoms with Crippen LogP contribution in [0.2, 0.25) is 0 Å². The van der Waals surface area contributed by atoms with Gasteiger partial charge in [-0.15, -0.1) is 0 Å². The van der Waals surface area contributed by atoms with Gasteiger partial charge in [0.1, 0.15) is 0 Å². The Labute approximate surface area is 90.1 Å². The molecule has 0 unspecified atom stereocenters. The van der Waals surface area contributed by atoms with Crippen molar-refractivity contribution < 1.29 is 0 Å². The van der Waals surface area contributed by atoms with E-state index in [1.807, 2.05) is 60.8 Å². The Morgan fingerprint density at radius 2 is 1.33 bits per heavy atom. The van der Waals surface area contributed by atoms with E-state index in [1.165, 1.54) is 5.56 Å². The molecule has 0 fully saturated rings. The zero-order chi connectivity index (χ0) is 10.3. The Morgan fingerprint density at radius 1 is 0.733 bits per heavy atom. The average molecular weight is 195 g/mol. The van der Waals surface area contributed by atoms with Crippen molar-refractivity contribution in [3.63, 3.8) is 0 Å². The lowest BCUT2D eigenvalue weighted by molar-refractivity contribution is 1.58. The van der Waals surface area contributed by atoms with Crippen molar-refractivity contribution in [2.75, 3.05) is 5.32 Å². The van der Waals surface area contributed by atoms with Gasteiger partial charge in [-0.05, 0) is 23.8 Å². The number of nitrogens with one attached hydrogen (secondary N) is 1. The van der Waals surface area contributed by atoms with Gasteiger partial charge >= 0.3 is 0 Å². The second-order valence-corrected chi connectivity index (χ2v) is 3.25. The highest BCUT2D eigenvalue weighted by Crippen LogP contribution is 2.06. The molecule has 1 nitrogen and oxygen atoms in total. The molecule has 0 aromatic heterocycles. The summed E-state index contributed by atoms with van der Waals surface area (Å²) < 4.78 is 0. The van der Waals surface area contributed by atoms with Gasteiger partial charge in [-0.1, -0.05) is 48.5 Å². The number of hydrogen-bond donors (Lipinski definition) is 1. The highest BCUT2D eigenvalue weighted by Gasteiger charge is 1.84. The van der Waals surface area contributed by atoms with Crippen molar-refractivity contribution in [1.29, 1.82) is 0 Å². The van der Waals surface area contributed by atoms with Crippen LogP contribution in [0.15, 0.2) is 66.9 Å². The van der Waals surface area contributed by atoms with E-state index in [9.17, 15) is 0 Å². The third-order valence-corrected chi connectivity index (χ3v) is 2.10. The fraction of sp³-hybridized carbons (Fsp3) is 0. The van der Waals surface area contributed by atoms with Gasteiger partial charge in [0.05, 0.1) is 0 Å². The first-order valence-electron chi connectivity index (χ1n) is 4.98. The molecule has 2 aromatic rings. The number of anilines is 1. The average Bonchev–Trinajstić information content (AvgIpc) is 2.32. The predicted octanol–water partition coefficient (Wildman–Crippen LogP) is 3.77.